The van der Waals surface area contributed by atoms with Gasteiger partial charge in [-0.3, -0.25) is 0 Å². The number of hydrogen-bond acceptors (Lipinski definition) is 2. The molecule has 0 aliphatic heterocycles. The summed E-state index contributed by atoms with van der Waals surface area (Å²) in [4.78, 5) is 0. The van der Waals surface area contributed by atoms with Crippen LogP contribution in [0.1, 0.15) is 30.9 Å². The van der Waals surface area contributed by atoms with Crippen molar-refractivity contribution in [2.24, 2.45) is 0 Å². The Bertz CT molecular complexity index is 398. The summed E-state index contributed by atoms with van der Waals surface area (Å²) in [6.45, 7) is 0. The van der Waals surface area contributed by atoms with Crippen molar-refractivity contribution in [3.05, 3.63) is 29.6 Å². The molecule has 0 spiro atoms. The van der Waals surface area contributed by atoms with E-state index < -0.39 is 0 Å². The molecule has 1 atom stereocenters. The molecule has 0 amide bonds. The van der Waals surface area contributed by atoms with E-state index in [2.05, 4.69) is 11.2 Å². The summed E-state index contributed by atoms with van der Waals surface area (Å²) >= 11 is 0. The van der Waals surface area contributed by atoms with Crippen molar-refractivity contribution < 1.29 is 9.13 Å². The molecule has 2 nitrogen and oxygen atoms in total. The third-order valence-corrected chi connectivity index (χ3v) is 2.74. The number of halogens is 1. The number of methoxy groups -OCH3 is 1. The van der Waals surface area contributed by atoms with Gasteiger partial charge in [-0.25, -0.2) is 4.39 Å². The standard InChI is InChI=1S/C14H18FNO/c1-4-5-6-7-13(16-2)11-8-9-12(15)14(10-11)17-3/h1,8-10,13,16H,5-7H2,2-3H3. The number of ether oxygens (including phenoxy) is 1. The lowest BCUT2D eigenvalue weighted by molar-refractivity contribution is 0.384. The van der Waals surface area contributed by atoms with Gasteiger partial charge in [-0.15, -0.1) is 12.3 Å². The molecule has 0 bridgehead atoms. The van der Waals surface area contributed by atoms with E-state index in [0.717, 1.165) is 24.8 Å². The smallest absolute Gasteiger partial charge is 0.165 e. The summed E-state index contributed by atoms with van der Waals surface area (Å²) in [5.74, 6) is 2.56. The second-order valence-electron chi connectivity index (χ2n) is 3.83. The minimum atomic E-state index is -0.338. The van der Waals surface area contributed by atoms with Crippen LogP contribution < -0.4 is 10.1 Å². The molecular weight excluding hydrogens is 217 g/mol. The zero-order chi connectivity index (χ0) is 12.7. The Morgan fingerprint density at radius 2 is 2.29 bits per heavy atom. The van der Waals surface area contributed by atoms with Crippen LogP contribution in [0.4, 0.5) is 4.39 Å². The maximum absolute atomic E-state index is 13.3. The monoisotopic (exact) mass is 235 g/mol. The van der Waals surface area contributed by atoms with Gasteiger partial charge in [0, 0.05) is 12.5 Å². The summed E-state index contributed by atoms with van der Waals surface area (Å²) in [6, 6.07) is 5.11. The van der Waals surface area contributed by atoms with Crippen molar-refractivity contribution >= 4 is 0 Å². The molecule has 0 radical (unpaired) electrons. The molecular formula is C14H18FNO. The Kier molecular flexibility index (Phi) is 5.51. The lowest BCUT2D eigenvalue weighted by Crippen LogP contribution is -2.16. The molecule has 0 saturated carbocycles. The van der Waals surface area contributed by atoms with E-state index >= 15 is 0 Å². The van der Waals surface area contributed by atoms with Crippen LogP contribution in [0.15, 0.2) is 18.2 Å². The average Bonchev–Trinajstić information content (AvgIpc) is 2.36. The Morgan fingerprint density at radius 3 is 2.88 bits per heavy atom. The molecule has 1 aromatic rings. The summed E-state index contributed by atoms with van der Waals surface area (Å²) in [7, 11) is 3.35. The minimum Gasteiger partial charge on any atom is -0.494 e. The highest BCUT2D eigenvalue weighted by molar-refractivity contribution is 5.32. The molecule has 0 fully saturated rings. The van der Waals surface area contributed by atoms with E-state index in [1.54, 1.807) is 12.1 Å². The van der Waals surface area contributed by atoms with Crippen LogP contribution in [-0.2, 0) is 0 Å². The van der Waals surface area contributed by atoms with Gasteiger partial charge >= 0.3 is 0 Å². The lowest BCUT2D eigenvalue weighted by Gasteiger charge is -2.17. The first-order valence-electron chi connectivity index (χ1n) is 5.67. The largest absolute Gasteiger partial charge is 0.494 e. The normalized spacial score (nSPS) is 11.9. The van der Waals surface area contributed by atoms with Gasteiger partial charge in [0.2, 0.25) is 0 Å². The first-order valence-corrected chi connectivity index (χ1v) is 5.67. The third-order valence-electron chi connectivity index (χ3n) is 2.74. The SMILES string of the molecule is C#CCCCC(NC)c1ccc(F)c(OC)c1. The molecule has 1 unspecified atom stereocenters. The van der Waals surface area contributed by atoms with E-state index in [1.165, 1.54) is 13.2 Å². The van der Waals surface area contributed by atoms with E-state index in [4.69, 9.17) is 11.2 Å². The first-order chi connectivity index (χ1) is 8.22. The molecule has 0 aliphatic rings. The molecule has 1 N–H and O–H groups in total. The summed E-state index contributed by atoms with van der Waals surface area (Å²) in [6.07, 6.45) is 7.85. The van der Waals surface area contributed by atoms with Crippen molar-refractivity contribution in [3.8, 4) is 18.1 Å². The van der Waals surface area contributed by atoms with Crippen molar-refractivity contribution in [2.45, 2.75) is 25.3 Å². The molecule has 0 saturated heterocycles. The van der Waals surface area contributed by atoms with Crippen LogP contribution in [0.25, 0.3) is 0 Å². The third kappa shape index (κ3) is 3.76. The highest BCUT2D eigenvalue weighted by atomic mass is 19.1. The maximum Gasteiger partial charge on any atom is 0.165 e. The van der Waals surface area contributed by atoms with Crippen LogP contribution in [-0.4, -0.2) is 14.2 Å². The van der Waals surface area contributed by atoms with Crippen LogP contribution >= 0.6 is 0 Å². The molecule has 92 valence electrons. The zero-order valence-corrected chi connectivity index (χ0v) is 10.3. The molecule has 3 heteroatoms. The van der Waals surface area contributed by atoms with Gasteiger partial charge in [-0.05, 0) is 37.6 Å². The first kappa shape index (κ1) is 13.5. The van der Waals surface area contributed by atoms with Gasteiger partial charge in [0.05, 0.1) is 7.11 Å². The fraction of sp³-hybridized carbons (Fsp3) is 0.429. The number of hydrogen-bond donors (Lipinski definition) is 1. The Morgan fingerprint density at radius 1 is 1.53 bits per heavy atom. The number of nitrogens with one attached hydrogen (secondary N) is 1. The quantitative estimate of drug-likeness (QED) is 0.604. The van der Waals surface area contributed by atoms with Gasteiger partial charge in [-0.1, -0.05) is 6.07 Å². The number of terminal acetylenes is 1. The van der Waals surface area contributed by atoms with E-state index in [-0.39, 0.29) is 17.6 Å². The summed E-state index contributed by atoms with van der Waals surface area (Å²) in [5.41, 5.74) is 1.02. The number of unbranched alkanes of at least 4 members (excludes halogenated alkanes) is 1. The molecule has 1 rings (SSSR count). The van der Waals surface area contributed by atoms with Gasteiger partial charge < -0.3 is 10.1 Å². The average molecular weight is 235 g/mol. The zero-order valence-electron chi connectivity index (χ0n) is 10.3. The summed E-state index contributed by atoms with van der Waals surface area (Å²) < 4.78 is 18.2. The maximum atomic E-state index is 13.3. The highest BCUT2D eigenvalue weighted by Crippen LogP contribution is 2.25. The second kappa shape index (κ2) is 6.93. The van der Waals surface area contributed by atoms with Gasteiger partial charge in [0.25, 0.3) is 0 Å². The van der Waals surface area contributed by atoms with Crippen LogP contribution in [0.5, 0.6) is 5.75 Å². The van der Waals surface area contributed by atoms with Gasteiger partial charge in [0.15, 0.2) is 11.6 Å². The molecule has 0 heterocycles. The van der Waals surface area contributed by atoms with Crippen LogP contribution in [0.2, 0.25) is 0 Å². The van der Waals surface area contributed by atoms with Gasteiger partial charge in [0.1, 0.15) is 0 Å². The highest BCUT2D eigenvalue weighted by Gasteiger charge is 2.11. The number of rotatable bonds is 6. The fourth-order valence-corrected chi connectivity index (χ4v) is 1.78. The van der Waals surface area contributed by atoms with Crippen molar-refractivity contribution in [2.75, 3.05) is 14.2 Å². The van der Waals surface area contributed by atoms with Gasteiger partial charge in [-0.2, -0.15) is 0 Å². The lowest BCUT2D eigenvalue weighted by atomic mass is 10.0. The van der Waals surface area contributed by atoms with E-state index in [9.17, 15) is 4.39 Å². The molecule has 0 aliphatic carbocycles. The van der Waals surface area contributed by atoms with Crippen LogP contribution in [0.3, 0.4) is 0 Å². The van der Waals surface area contributed by atoms with Crippen LogP contribution in [0, 0.1) is 18.2 Å². The molecule has 17 heavy (non-hydrogen) atoms. The Balaban J connectivity index is 2.78. The second-order valence-corrected chi connectivity index (χ2v) is 3.83. The number of benzene rings is 1. The minimum absolute atomic E-state index is 0.179. The fourth-order valence-electron chi connectivity index (χ4n) is 1.78. The van der Waals surface area contributed by atoms with E-state index in [0.29, 0.717) is 0 Å². The molecule has 1 aromatic carbocycles. The topological polar surface area (TPSA) is 21.3 Å². The molecule has 0 aromatic heterocycles. The predicted molar refractivity (Wildman–Crippen MR) is 67.4 cm³/mol. The van der Waals surface area contributed by atoms with E-state index in [1.807, 2.05) is 7.05 Å². The van der Waals surface area contributed by atoms with Crippen molar-refractivity contribution in [1.29, 1.82) is 0 Å². The Hall–Kier alpha value is -1.53. The van der Waals surface area contributed by atoms with Crippen molar-refractivity contribution in [3.63, 3.8) is 0 Å². The Labute approximate surface area is 102 Å². The van der Waals surface area contributed by atoms with Crippen molar-refractivity contribution in [1.82, 2.24) is 5.32 Å². The summed E-state index contributed by atoms with van der Waals surface area (Å²) in [5, 5.41) is 3.20. The predicted octanol–water partition coefficient (Wildman–Crippen LogP) is 2.90.